The maximum atomic E-state index is 8.36. The maximum Gasteiger partial charge on any atom is 0.291 e. The number of hydrogen-bond acceptors (Lipinski definition) is 2. The van der Waals surface area contributed by atoms with Gasteiger partial charge in [-0.3, -0.25) is 0 Å². The zero-order valence-electron chi connectivity index (χ0n) is 3.12. The Kier molecular flexibility index (Phi) is 51.5. The average Bonchev–Trinajstić information content (AvgIpc) is 0.811. The first kappa shape index (κ1) is 22.5. The predicted molar refractivity (Wildman–Crippen MR) is 8.78 cm³/mol. The molecule has 2 radical (unpaired) electrons. The van der Waals surface area contributed by atoms with E-state index in [1.54, 1.807) is 0 Å². The van der Waals surface area contributed by atoms with Crippen molar-refractivity contribution in [2.45, 2.75) is 0 Å². The summed E-state index contributed by atoms with van der Waals surface area (Å²) < 4.78 is 0. The molecule has 0 atom stereocenters. The molecule has 0 amide bonds. The van der Waals surface area contributed by atoms with E-state index in [2.05, 4.69) is 0 Å². The molecule has 0 aromatic heterocycles. The minimum Gasteiger partial charge on any atom is -0.328 e. The molecule has 0 aliphatic rings. The molecule has 7 heavy (non-hydrogen) atoms. The first-order chi connectivity index (χ1) is 1.73. The van der Waals surface area contributed by atoms with Crippen molar-refractivity contribution in [2.24, 2.45) is 0 Å². The van der Waals surface area contributed by atoms with Crippen LogP contribution in [0.15, 0.2) is 0 Å². The Bertz CT molecular complexity index is 37.9. The number of rotatable bonds is 0. The summed E-state index contributed by atoms with van der Waals surface area (Å²) >= 11 is 0. The van der Waals surface area contributed by atoms with Crippen LogP contribution in [0.2, 0.25) is 0 Å². The summed E-state index contributed by atoms with van der Waals surface area (Å²) in [5.74, 6) is 0. The molecule has 0 fully saturated rings. The zero-order valence-corrected chi connectivity index (χ0v) is 12.0. The van der Waals surface area contributed by atoms with Crippen molar-refractivity contribution in [1.82, 2.24) is 0 Å². The van der Waals surface area contributed by atoms with E-state index in [1.165, 1.54) is 0 Å². The summed E-state index contributed by atoms with van der Waals surface area (Å²) in [5, 5.41) is 13.6. The Labute approximate surface area is 133 Å². The maximum absolute atomic E-state index is 8.36. The van der Waals surface area contributed by atoms with Crippen LogP contribution in [0.1, 0.15) is 0 Å². The molecule has 4 nitrogen and oxygen atoms in total. The van der Waals surface area contributed by atoms with Gasteiger partial charge in [0.15, 0.2) is 0 Å². The van der Waals surface area contributed by atoms with Gasteiger partial charge in [-0.25, -0.2) is 0 Å². The zero-order chi connectivity index (χ0) is 3.58. The molecule has 0 rings (SSSR count). The summed E-state index contributed by atoms with van der Waals surface area (Å²) in [5.41, 5.74) is 0. The number of hydrogen-bond donors (Lipinski definition) is 1. The van der Waals surface area contributed by atoms with Crippen molar-refractivity contribution in [2.75, 3.05) is 0 Å². The molecule has 40 valence electrons. The standard InChI is InChI=1S/Ce.La.HNO3.Tb/c;;2-1(3)4;/h;;(H,2,3,4);. The van der Waals surface area contributed by atoms with Crippen LogP contribution < -0.4 is 0 Å². The van der Waals surface area contributed by atoms with Crippen LogP contribution in [0.4, 0.5) is 0 Å². The van der Waals surface area contributed by atoms with Crippen molar-refractivity contribution >= 4 is 0 Å². The van der Waals surface area contributed by atoms with Crippen LogP contribution in [0.3, 0.4) is 0 Å². The molecule has 0 heterocycles. The minimum atomic E-state index is -1.50. The Morgan fingerprint density at radius 1 is 1.57 bits per heavy atom. The van der Waals surface area contributed by atoms with Gasteiger partial charge >= 0.3 is 0 Å². The van der Waals surface area contributed by atoms with Crippen molar-refractivity contribution in [3.05, 3.63) is 10.1 Å². The Balaban J connectivity index is -0.0000000150. The fourth-order valence-electron chi connectivity index (χ4n) is 0. The van der Waals surface area contributed by atoms with Gasteiger partial charge in [-0.15, -0.1) is 10.1 Å². The molecule has 0 aromatic rings. The second kappa shape index (κ2) is 16.0. The molecule has 0 saturated carbocycles. The van der Waals surface area contributed by atoms with Crippen molar-refractivity contribution in [3.8, 4) is 0 Å². The van der Waals surface area contributed by atoms with Crippen LogP contribution in [-0.4, -0.2) is 10.3 Å². The third-order valence-electron chi connectivity index (χ3n) is 0. The topological polar surface area (TPSA) is 63.4 Å². The predicted octanol–water partition coefficient (Wildman–Crippen LogP) is -0.348. The van der Waals surface area contributed by atoms with E-state index in [4.69, 9.17) is 15.3 Å². The number of nitrogens with zero attached hydrogens (tertiary/aromatic N) is 1. The van der Waals surface area contributed by atoms with Crippen LogP contribution in [0.5, 0.6) is 0 Å². The Hall–Kier alpha value is 3.06. The molecule has 7 heteroatoms. The summed E-state index contributed by atoms with van der Waals surface area (Å²) in [6.45, 7) is 0. The second-order valence-electron chi connectivity index (χ2n) is 0.238. The SMILES string of the molecule is O=[N+]([O-])O.[Ce].[La].[Tb]. The van der Waals surface area contributed by atoms with Gasteiger partial charge in [0.2, 0.25) is 0 Å². The molecule has 0 aliphatic heterocycles. The van der Waals surface area contributed by atoms with Crippen LogP contribution in [-0.2, 0) is 0 Å². The monoisotopic (exact) mass is 501 g/mol. The largest absolute Gasteiger partial charge is 0.328 e. The molecule has 0 aliphatic carbocycles. The fourth-order valence-corrected chi connectivity index (χ4v) is 0. The summed E-state index contributed by atoms with van der Waals surface area (Å²) in [6.07, 6.45) is 0. The summed E-state index contributed by atoms with van der Waals surface area (Å²) in [7, 11) is 0. The first-order valence-electron chi connectivity index (χ1n) is 0.565. The van der Waals surface area contributed by atoms with Gasteiger partial charge in [-0.1, -0.05) is 0 Å². The quantitative estimate of drug-likeness (QED) is 0.365. The summed E-state index contributed by atoms with van der Waals surface area (Å²) in [6, 6.07) is 0. The molecule has 0 saturated heterocycles. The van der Waals surface area contributed by atoms with E-state index >= 15 is 0 Å². The van der Waals surface area contributed by atoms with E-state index in [1.807, 2.05) is 0 Å². The van der Waals surface area contributed by atoms with Gasteiger partial charge in [-0.2, -0.15) is 0 Å². The second-order valence-corrected chi connectivity index (χ2v) is 0.238. The van der Waals surface area contributed by atoms with Gasteiger partial charge in [-0.05, 0) is 0 Å². The molecule has 0 bridgehead atoms. The minimum absolute atomic E-state index is 0. The van der Waals surface area contributed by atoms with Crippen LogP contribution in [0.25, 0.3) is 0 Å². The molecule has 0 aromatic carbocycles. The van der Waals surface area contributed by atoms with E-state index in [0.29, 0.717) is 0 Å². The third-order valence-corrected chi connectivity index (χ3v) is 0. The molecule has 1 N–H and O–H groups in total. The van der Waals surface area contributed by atoms with Gasteiger partial charge in [0.25, 0.3) is 5.09 Å². The van der Waals surface area contributed by atoms with Gasteiger partial charge in [0, 0.05) is 116 Å². The van der Waals surface area contributed by atoms with Crippen molar-refractivity contribution < 1.29 is 126 Å². The van der Waals surface area contributed by atoms with E-state index in [-0.39, 0.29) is 116 Å². The third kappa shape index (κ3) is 48.3. The Morgan fingerprint density at radius 2 is 1.57 bits per heavy atom. The Morgan fingerprint density at radius 3 is 1.57 bits per heavy atom. The molecular formula is HCeLaNO3Tb. The van der Waals surface area contributed by atoms with E-state index < -0.39 is 5.09 Å². The first-order valence-corrected chi connectivity index (χ1v) is 0.565. The normalized spacial score (nSPS) is 3.43. The van der Waals surface area contributed by atoms with Gasteiger partial charge in [0.05, 0.1) is 0 Å². The molecule has 0 unspecified atom stereocenters. The van der Waals surface area contributed by atoms with Crippen LogP contribution in [0, 0.1) is 126 Å². The van der Waals surface area contributed by atoms with E-state index in [9.17, 15) is 0 Å². The van der Waals surface area contributed by atoms with Gasteiger partial charge < -0.3 is 5.21 Å². The molecule has 0 spiro atoms. The molecular weight excluding hydrogens is 500 g/mol. The van der Waals surface area contributed by atoms with Crippen molar-refractivity contribution in [3.63, 3.8) is 0 Å². The van der Waals surface area contributed by atoms with Crippen LogP contribution >= 0.6 is 0 Å². The van der Waals surface area contributed by atoms with Gasteiger partial charge in [0.1, 0.15) is 0 Å². The smallest absolute Gasteiger partial charge is 0.291 e. The average molecular weight is 501 g/mol. The fraction of sp³-hybridized carbons (Fsp3) is 0. The van der Waals surface area contributed by atoms with E-state index in [0.717, 1.165) is 0 Å². The van der Waals surface area contributed by atoms with Crippen molar-refractivity contribution in [1.29, 1.82) is 0 Å². The summed E-state index contributed by atoms with van der Waals surface area (Å²) in [4.78, 5) is 8.36.